The second-order valence-electron chi connectivity index (χ2n) is 8.56. The summed E-state index contributed by atoms with van der Waals surface area (Å²) in [4.78, 5) is 21.2. The molecule has 0 saturated heterocycles. The van der Waals surface area contributed by atoms with Gasteiger partial charge in [0.05, 0.1) is 12.2 Å². The van der Waals surface area contributed by atoms with Crippen molar-refractivity contribution in [1.29, 1.82) is 0 Å². The lowest BCUT2D eigenvalue weighted by Crippen LogP contribution is -2.32. The van der Waals surface area contributed by atoms with Crippen molar-refractivity contribution < 1.29 is 4.79 Å². The number of aromatic nitrogens is 2. The van der Waals surface area contributed by atoms with Crippen LogP contribution in [0.1, 0.15) is 65.9 Å². The van der Waals surface area contributed by atoms with Crippen molar-refractivity contribution in [2.75, 3.05) is 18.4 Å². The van der Waals surface area contributed by atoms with Crippen molar-refractivity contribution in [1.82, 2.24) is 15.3 Å². The molecule has 1 aliphatic carbocycles. The molecule has 2 N–H and O–H groups in total. The molecule has 1 saturated carbocycles. The molecule has 0 bridgehead atoms. The van der Waals surface area contributed by atoms with Crippen molar-refractivity contribution in [3.63, 3.8) is 0 Å². The Morgan fingerprint density at radius 3 is 2.30 bits per heavy atom. The van der Waals surface area contributed by atoms with Crippen LogP contribution in [0.3, 0.4) is 0 Å². The van der Waals surface area contributed by atoms with E-state index in [-0.39, 0.29) is 23.3 Å². The summed E-state index contributed by atoms with van der Waals surface area (Å²) in [5, 5.41) is 6.11. The number of amides is 1. The molecule has 1 amide bonds. The molecular formula is C18H30N4O. The van der Waals surface area contributed by atoms with Crippen LogP contribution in [0.5, 0.6) is 0 Å². The highest BCUT2D eigenvalue weighted by atomic mass is 16.1. The van der Waals surface area contributed by atoms with Crippen molar-refractivity contribution in [2.45, 2.75) is 65.2 Å². The molecule has 1 aromatic rings. The normalized spacial score (nSPS) is 15.4. The van der Waals surface area contributed by atoms with Gasteiger partial charge in [0.25, 0.3) is 0 Å². The van der Waals surface area contributed by atoms with E-state index in [0.29, 0.717) is 5.92 Å². The number of hydrogen-bond donors (Lipinski definition) is 2. The summed E-state index contributed by atoms with van der Waals surface area (Å²) in [6.45, 7) is 13.7. The molecule has 0 aliphatic heterocycles. The molecule has 5 nitrogen and oxygen atoms in total. The van der Waals surface area contributed by atoms with Gasteiger partial charge in [-0.1, -0.05) is 41.5 Å². The van der Waals surface area contributed by atoms with Gasteiger partial charge in [0.2, 0.25) is 5.91 Å². The van der Waals surface area contributed by atoms with Crippen molar-refractivity contribution in [3.8, 4) is 0 Å². The number of carbonyl (C=O) groups excluding carboxylic acids is 1. The molecule has 2 rings (SSSR count). The maximum absolute atomic E-state index is 11.9. The summed E-state index contributed by atoms with van der Waals surface area (Å²) in [6, 6.07) is 1.95. The molecule has 0 atom stereocenters. The smallest absolute Gasteiger partial charge is 0.239 e. The number of anilines is 1. The van der Waals surface area contributed by atoms with Crippen molar-refractivity contribution in [3.05, 3.63) is 17.6 Å². The van der Waals surface area contributed by atoms with Gasteiger partial charge in [0.15, 0.2) is 0 Å². The van der Waals surface area contributed by atoms with E-state index in [1.54, 1.807) is 0 Å². The molecule has 0 spiro atoms. The molecule has 0 unspecified atom stereocenters. The second-order valence-corrected chi connectivity index (χ2v) is 8.56. The van der Waals surface area contributed by atoms with E-state index in [0.717, 1.165) is 23.9 Å². The largest absolute Gasteiger partial charge is 0.361 e. The molecular weight excluding hydrogens is 288 g/mol. The van der Waals surface area contributed by atoms with Crippen LogP contribution in [0.4, 0.5) is 5.82 Å². The minimum absolute atomic E-state index is 0.0186. The molecule has 0 radical (unpaired) electrons. The van der Waals surface area contributed by atoms with Crippen LogP contribution in [-0.4, -0.2) is 29.0 Å². The first-order valence-electron chi connectivity index (χ1n) is 8.46. The maximum Gasteiger partial charge on any atom is 0.239 e. The van der Waals surface area contributed by atoms with E-state index in [1.807, 2.05) is 6.07 Å². The van der Waals surface area contributed by atoms with Crippen LogP contribution in [0.25, 0.3) is 0 Å². The average Bonchev–Trinajstić information content (AvgIpc) is 3.25. The summed E-state index contributed by atoms with van der Waals surface area (Å²) in [5.74, 6) is 2.23. The third-order valence-corrected chi connectivity index (χ3v) is 3.88. The Bertz CT molecular complexity index is 533. The number of hydrogen-bond acceptors (Lipinski definition) is 4. The van der Waals surface area contributed by atoms with E-state index in [9.17, 15) is 4.79 Å². The average molecular weight is 318 g/mol. The highest BCUT2D eigenvalue weighted by Crippen LogP contribution is 2.28. The summed E-state index contributed by atoms with van der Waals surface area (Å²) in [5.41, 5.74) is 0.790. The van der Waals surface area contributed by atoms with Gasteiger partial charge >= 0.3 is 0 Å². The lowest BCUT2D eigenvalue weighted by molar-refractivity contribution is -0.119. The fourth-order valence-electron chi connectivity index (χ4n) is 2.07. The fraction of sp³-hybridized carbons (Fsp3) is 0.722. The third kappa shape index (κ3) is 5.48. The Hall–Kier alpha value is -1.65. The number of nitrogens with zero attached hydrogens (tertiary/aromatic N) is 2. The minimum atomic E-state index is -0.133. The highest BCUT2D eigenvalue weighted by molar-refractivity contribution is 5.80. The highest BCUT2D eigenvalue weighted by Gasteiger charge is 2.24. The van der Waals surface area contributed by atoms with Gasteiger partial charge in [0, 0.05) is 23.4 Å². The lowest BCUT2D eigenvalue weighted by Gasteiger charge is -2.24. The lowest BCUT2D eigenvalue weighted by atomic mass is 9.90. The topological polar surface area (TPSA) is 66.9 Å². The van der Waals surface area contributed by atoms with E-state index < -0.39 is 0 Å². The first-order valence-corrected chi connectivity index (χ1v) is 8.46. The van der Waals surface area contributed by atoms with E-state index in [2.05, 4.69) is 57.2 Å². The Morgan fingerprint density at radius 2 is 1.78 bits per heavy atom. The summed E-state index contributed by atoms with van der Waals surface area (Å²) in [6.07, 6.45) is 2.48. The number of rotatable bonds is 5. The predicted octanol–water partition coefficient (Wildman–Crippen LogP) is 3.01. The van der Waals surface area contributed by atoms with E-state index in [1.165, 1.54) is 12.8 Å². The molecule has 1 heterocycles. The molecule has 1 fully saturated rings. The van der Waals surface area contributed by atoms with Crippen LogP contribution in [-0.2, 0) is 15.6 Å². The van der Waals surface area contributed by atoms with Crippen LogP contribution >= 0.6 is 0 Å². The SMILES string of the molecule is CC(C)(C)c1cc(NCC(=O)NCC2CC2)nc(C(C)(C)C)n1. The second kappa shape index (κ2) is 6.46. The standard InChI is InChI=1S/C18H30N4O/c1-17(2,3)13-9-14(22-16(21-13)18(4,5)6)19-11-15(23)20-10-12-7-8-12/h9,12H,7-8,10-11H2,1-6H3,(H,20,23)(H,19,21,22). The summed E-state index contributed by atoms with van der Waals surface area (Å²) >= 11 is 0. The quantitative estimate of drug-likeness (QED) is 0.876. The molecule has 128 valence electrons. The summed E-state index contributed by atoms with van der Waals surface area (Å²) in [7, 11) is 0. The Kier molecular flexibility index (Phi) is 4.97. The predicted molar refractivity (Wildman–Crippen MR) is 93.7 cm³/mol. The van der Waals surface area contributed by atoms with Crippen LogP contribution in [0.2, 0.25) is 0 Å². The van der Waals surface area contributed by atoms with Gasteiger partial charge in [-0.25, -0.2) is 9.97 Å². The molecule has 23 heavy (non-hydrogen) atoms. The first kappa shape index (κ1) is 17.7. The number of carbonyl (C=O) groups is 1. The van der Waals surface area contributed by atoms with Crippen LogP contribution in [0, 0.1) is 5.92 Å². The molecule has 1 aliphatic rings. The zero-order valence-corrected chi connectivity index (χ0v) is 15.3. The van der Waals surface area contributed by atoms with Crippen molar-refractivity contribution >= 4 is 11.7 Å². The van der Waals surface area contributed by atoms with Crippen LogP contribution < -0.4 is 10.6 Å². The van der Waals surface area contributed by atoms with Gasteiger partial charge in [-0.05, 0) is 18.8 Å². The third-order valence-electron chi connectivity index (χ3n) is 3.88. The monoisotopic (exact) mass is 318 g/mol. The molecule has 0 aromatic carbocycles. The molecule has 5 heteroatoms. The Morgan fingerprint density at radius 1 is 1.13 bits per heavy atom. The zero-order chi connectivity index (χ0) is 17.3. The minimum Gasteiger partial charge on any atom is -0.361 e. The van der Waals surface area contributed by atoms with Gasteiger partial charge in [-0.2, -0.15) is 0 Å². The van der Waals surface area contributed by atoms with Crippen molar-refractivity contribution in [2.24, 2.45) is 5.92 Å². The van der Waals surface area contributed by atoms with Gasteiger partial charge < -0.3 is 10.6 Å². The van der Waals surface area contributed by atoms with Crippen LogP contribution in [0.15, 0.2) is 6.07 Å². The van der Waals surface area contributed by atoms with Gasteiger partial charge in [0.1, 0.15) is 11.6 Å². The molecule has 1 aromatic heterocycles. The Balaban J connectivity index is 2.08. The van der Waals surface area contributed by atoms with E-state index in [4.69, 9.17) is 4.98 Å². The maximum atomic E-state index is 11.9. The zero-order valence-electron chi connectivity index (χ0n) is 15.3. The van der Waals surface area contributed by atoms with Gasteiger partial charge in [-0.3, -0.25) is 4.79 Å². The Labute approximate surface area is 139 Å². The van der Waals surface area contributed by atoms with E-state index >= 15 is 0 Å². The summed E-state index contributed by atoms with van der Waals surface area (Å²) < 4.78 is 0. The van der Waals surface area contributed by atoms with Gasteiger partial charge in [-0.15, -0.1) is 0 Å². The number of nitrogens with one attached hydrogen (secondary N) is 2. The fourth-order valence-corrected chi connectivity index (χ4v) is 2.07. The first-order chi connectivity index (χ1) is 10.6.